The zero-order valence-electron chi connectivity index (χ0n) is 18.8. The van der Waals surface area contributed by atoms with E-state index in [9.17, 15) is 0 Å². The molecule has 1 aromatic heterocycles. The number of nitrogens with two attached hydrogens (primary N) is 1. The molecule has 33 heavy (non-hydrogen) atoms. The molecule has 0 bridgehead atoms. The molecule has 4 aromatic rings. The molecule has 5 nitrogen and oxygen atoms in total. The van der Waals surface area contributed by atoms with Crippen molar-refractivity contribution in [3.63, 3.8) is 0 Å². The Morgan fingerprint density at radius 1 is 0.818 bits per heavy atom. The van der Waals surface area contributed by atoms with Gasteiger partial charge in [0, 0.05) is 10.6 Å². The predicted molar refractivity (Wildman–Crippen MR) is 138 cm³/mol. The summed E-state index contributed by atoms with van der Waals surface area (Å²) in [6.07, 6.45) is 0. The molecule has 168 valence electrons. The van der Waals surface area contributed by atoms with E-state index in [1.807, 2.05) is 48.5 Å². The number of anilines is 2. The molecule has 1 heterocycles. The molecule has 3 N–H and O–H groups in total. The molecule has 0 saturated carbocycles. The van der Waals surface area contributed by atoms with Gasteiger partial charge in [0.1, 0.15) is 0 Å². The Hall–Kier alpha value is -3.90. The number of benzene rings is 3. The third-order valence-electron chi connectivity index (χ3n) is 5.35. The van der Waals surface area contributed by atoms with E-state index in [2.05, 4.69) is 35.5 Å². The van der Waals surface area contributed by atoms with Crippen LogP contribution in [-0.2, 0) is 0 Å². The highest BCUT2D eigenvalue weighted by molar-refractivity contribution is 7.13. The second-order valence-electron chi connectivity index (χ2n) is 7.38. The minimum atomic E-state index is 0.562. The number of hydrogen-bond donors (Lipinski definition) is 2. The maximum absolute atomic E-state index is 6.24. The molecule has 4 rings (SSSR count). The number of methoxy groups -OCH3 is 3. The molecule has 0 unspecified atom stereocenters. The average Bonchev–Trinajstić information content (AvgIpc) is 3.39. The zero-order valence-corrected chi connectivity index (χ0v) is 19.7. The topological polar surface area (TPSA) is 65.7 Å². The van der Waals surface area contributed by atoms with E-state index in [1.165, 1.54) is 4.88 Å². The Labute approximate surface area is 198 Å². The van der Waals surface area contributed by atoms with Crippen molar-refractivity contribution < 1.29 is 14.2 Å². The third kappa shape index (κ3) is 4.66. The van der Waals surface area contributed by atoms with Gasteiger partial charge in [-0.15, -0.1) is 11.3 Å². The fraction of sp³-hybridized carbons (Fsp3) is 0.111. The van der Waals surface area contributed by atoms with Crippen LogP contribution in [0.2, 0.25) is 0 Å². The van der Waals surface area contributed by atoms with Gasteiger partial charge in [0.05, 0.1) is 32.7 Å². The van der Waals surface area contributed by atoms with E-state index in [1.54, 1.807) is 32.7 Å². The van der Waals surface area contributed by atoms with Crippen molar-refractivity contribution in [3.8, 4) is 38.8 Å². The molecular weight excluding hydrogens is 432 g/mol. The van der Waals surface area contributed by atoms with Gasteiger partial charge in [-0.25, -0.2) is 0 Å². The summed E-state index contributed by atoms with van der Waals surface area (Å²) in [4.78, 5) is 1.19. The minimum Gasteiger partial charge on any atom is -0.493 e. The lowest BCUT2D eigenvalue weighted by atomic mass is 10.0. The van der Waals surface area contributed by atoms with Gasteiger partial charge in [0.25, 0.3) is 0 Å². The largest absolute Gasteiger partial charge is 0.493 e. The first kappa shape index (κ1) is 22.3. The SMILES string of the molecule is C=C(Nc1cc(-c2cccs2)ccc1N)c1cccc(-c2cc(OC)c(OC)c(OC)c2)c1. The molecule has 0 aliphatic rings. The fourth-order valence-corrected chi connectivity index (χ4v) is 4.35. The second-order valence-corrected chi connectivity index (χ2v) is 8.33. The molecule has 0 saturated heterocycles. The van der Waals surface area contributed by atoms with Crippen molar-refractivity contribution in [2.75, 3.05) is 32.4 Å². The van der Waals surface area contributed by atoms with E-state index < -0.39 is 0 Å². The highest BCUT2D eigenvalue weighted by Gasteiger charge is 2.15. The van der Waals surface area contributed by atoms with Crippen LogP contribution in [0.15, 0.2) is 78.7 Å². The standard InChI is InChI=1S/C27H26N2O3S/c1-17(29-23-14-20(10-11-22(23)28)26-9-6-12-33-26)18-7-5-8-19(13-18)21-15-24(30-2)27(32-4)25(16-21)31-3/h5-16,29H,1,28H2,2-4H3. The first-order chi connectivity index (χ1) is 16.0. The summed E-state index contributed by atoms with van der Waals surface area (Å²) < 4.78 is 16.4. The molecule has 3 aromatic carbocycles. The molecular formula is C27H26N2O3S. The van der Waals surface area contributed by atoms with Crippen molar-refractivity contribution in [1.82, 2.24) is 0 Å². The van der Waals surface area contributed by atoms with Gasteiger partial charge in [-0.05, 0) is 64.0 Å². The van der Waals surface area contributed by atoms with Crippen LogP contribution in [0.3, 0.4) is 0 Å². The van der Waals surface area contributed by atoms with Crippen LogP contribution >= 0.6 is 11.3 Å². The number of nitrogen functional groups attached to an aromatic ring is 1. The van der Waals surface area contributed by atoms with Crippen molar-refractivity contribution in [2.24, 2.45) is 0 Å². The normalized spacial score (nSPS) is 10.5. The maximum Gasteiger partial charge on any atom is 0.203 e. The highest BCUT2D eigenvalue weighted by atomic mass is 32.1. The van der Waals surface area contributed by atoms with Crippen molar-refractivity contribution in [2.45, 2.75) is 0 Å². The average molecular weight is 459 g/mol. The van der Waals surface area contributed by atoms with Gasteiger partial charge in [0.15, 0.2) is 11.5 Å². The van der Waals surface area contributed by atoms with Crippen molar-refractivity contribution in [3.05, 3.63) is 84.3 Å². The second kappa shape index (κ2) is 9.71. The lowest BCUT2D eigenvalue weighted by molar-refractivity contribution is 0.324. The molecule has 0 radical (unpaired) electrons. The van der Waals surface area contributed by atoms with E-state index in [-0.39, 0.29) is 0 Å². The monoisotopic (exact) mass is 458 g/mol. The smallest absolute Gasteiger partial charge is 0.203 e. The Balaban J connectivity index is 1.64. The van der Waals surface area contributed by atoms with Crippen LogP contribution in [0.1, 0.15) is 5.56 Å². The molecule has 0 fully saturated rings. The van der Waals surface area contributed by atoms with Crippen molar-refractivity contribution in [1.29, 1.82) is 0 Å². The molecule has 0 atom stereocenters. The Morgan fingerprint density at radius 2 is 1.58 bits per heavy atom. The maximum atomic E-state index is 6.24. The Kier molecular flexibility index (Phi) is 6.56. The van der Waals surface area contributed by atoms with Crippen LogP contribution in [0, 0.1) is 0 Å². The summed E-state index contributed by atoms with van der Waals surface area (Å²) in [6.45, 7) is 4.25. The lowest BCUT2D eigenvalue weighted by Crippen LogP contribution is -2.01. The lowest BCUT2D eigenvalue weighted by Gasteiger charge is -2.16. The summed E-state index contributed by atoms with van der Waals surface area (Å²) in [6, 6.07) is 22.1. The number of hydrogen-bond acceptors (Lipinski definition) is 6. The van der Waals surface area contributed by atoms with Crippen LogP contribution in [-0.4, -0.2) is 21.3 Å². The predicted octanol–water partition coefficient (Wildman–Crippen LogP) is 6.77. The number of rotatable bonds is 8. The number of nitrogens with one attached hydrogen (secondary N) is 1. The molecule has 0 amide bonds. The van der Waals surface area contributed by atoms with Crippen LogP contribution < -0.4 is 25.3 Å². The van der Waals surface area contributed by atoms with Crippen LogP contribution in [0.25, 0.3) is 27.3 Å². The highest BCUT2D eigenvalue weighted by Crippen LogP contribution is 2.41. The number of thiophene rings is 1. The molecule has 6 heteroatoms. The Bertz CT molecular complexity index is 1260. The molecule has 0 aliphatic heterocycles. The first-order valence-electron chi connectivity index (χ1n) is 10.3. The van der Waals surface area contributed by atoms with E-state index in [4.69, 9.17) is 19.9 Å². The van der Waals surface area contributed by atoms with Gasteiger partial charge in [-0.3, -0.25) is 0 Å². The fourth-order valence-electron chi connectivity index (χ4n) is 3.63. The quantitative estimate of drug-likeness (QED) is 0.285. The van der Waals surface area contributed by atoms with Gasteiger partial charge in [-0.1, -0.05) is 36.9 Å². The van der Waals surface area contributed by atoms with E-state index in [0.717, 1.165) is 33.6 Å². The van der Waals surface area contributed by atoms with Gasteiger partial charge in [-0.2, -0.15) is 0 Å². The van der Waals surface area contributed by atoms with Gasteiger partial charge < -0.3 is 25.3 Å². The summed E-state index contributed by atoms with van der Waals surface area (Å²) in [7, 11) is 4.81. The summed E-state index contributed by atoms with van der Waals surface area (Å²) in [5, 5.41) is 5.45. The minimum absolute atomic E-state index is 0.562. The summed E-state index contributed by atoms with van der Waals surface area (Å²) in [5.74, 6) is 1.77. The molecule has 0 spiro atoms. The Morgan fingerprint density at radius 3 is 2.21 bits per heavy atom. The number of ether oxygens (including phenoxy) is 3. The molecule has 0 aliphatic carbocycles. The van der Waals surface area contributed by atoms with Crippen LogP contribution in [0.5, 0.6) is 17.2 Å². The zero-order chi connectivity index (χ0) is 23.4. The van der Waals surface area contributed by atoms with Crippen LogP contribution in [0.4, 0.5) is 11.4 Å². The van der Waals surface area contributed by atoms with Crippen molar-refractivity contribution >= 4 is 28.4 Å². The first-order valence-corrected chi connectivity index (χ1v) is 11.2. The van der Waals surface area contributed by atoms with Gasteiger partial charge in [0.2, 0.25) is 5.75 Å². The summed E-state index contributed by atoms with van der Waals surface area (Å²) in [5.41, 5.74) is 12.5. The van der Waals surface area contributed by atoms with E-state index >= 15 is 0 Å². The van der Waals surface area contributed by atoms with E-state index in [0.29, 0.717) is 22.9 Å². The third-order valence-corrected chi connectivity index (χ3v) is 6.27. The van der Waals surface area contributed by atoms with Gasteiger partial charge >= 0.3 is 0 Å². The summed E-state index contributed by atoms with van der Waals surface area (Å²) >= 11 is 1.69.